The number of aryl methyl sites for hydroxylation is 2. The second kappa shape index (κ2) is 9.11. The number of carboxylic acids is 1. The van der Waals surface area contributed by atoms with Crippen LogP contribution < -0.4 is 19.7 Å². The summed E-state index contributed by atoms with van der Waals surface area (Å²) in [4.78, 5) is 49.5. The van der Waals surface area contributed by atoms with Crippen LogP contribution in [0.4, 0.5) is 10.5 Å². The zero-order valence-corrected chi connectivity index (χ0v) is 18.1. The Kier molecular flexibility index (Phi) is 6.50. The van der Waals surface area contributed by atoms with E-state index < -0.39 is 30.4 Å². The summed E-state index contributed by atoms with van der Waals surface area (Å²) in [5.41, 5.74) is 2.20. The molecule has 4 amide bonds. The first kappa shape index (κ1) is 22.8. The van der Waals surface area contributed by atoms with Gasteiger partial charge < -0.3 is 14.6 Å². The van der Waals surface area contributed by atoms with Crippen molar-refractivity contribution >= 4 is 47.2 Å². The maximum Gasteiger partial charge on any atom is 0.341 e. The van der Waals surface area contributed by atoms with Crippen molar-refractivity contribution in [2.45, 2.75) is 13.8 Å². The minimum Gasteiger partial charge on any atom is -0.493 e. The Morgan fingerprint density at radius 1 is 1.16 bits per heavy atom. The van der Waals surface area contributed by atoms with Gasteiger partial charge in [0.25, 0.3) is 11.8 Å². The van der Waals surface area contributed by atoms with E-state index in [0.29, 0.717) is 11.3 Å². The van der Waals surface area contributed by atoms with Gasteiger partial charge in [0.15, 0.2) is 18.1 Å². The highest BCUT2D eigenvalue weighted by molar-refractivity contribution is 6.39. The van der Waals surface area contributed by atoms with Crippen LogP contribution in [0.15, 0.2) is 35.9 Å². The number of urea groups is 1. The van der Waals surface area contributed by atoms with Crippen LogP contribution in [0.1, 0.15) is 16.7 Å². The molecule has 1 saturated heterocycles. The zero-order valence-electron chi connectivity index (χ0n) is 17.4. The second-order valence-electron chi connectivity index (χ2n) is 6.94. The molecule has 1 heterocycles. The van der Waals surface area contributed by atoms with Gasteiger partial charge in [0.2, 0.25) is 0 Å². The lowest BCUT2D eigenvalue weighted by Crippen LogP contribution is -2.54. The minimum atomic E-state index is -1.20. The van der Waals surface area contributed by atoms with Crippen molar-refractivity contribution in [3.63, 3.8) is 0 Å². The molecule has 2 aromatic carbocycles. The number of nitrogens with zero attached hydrogens (tertiary/aromatic N) is 1. The topological polar surface area (TPSA) is 122 Å². The van der Waals surface area contributed by atoms with Crippen LogP contribution in [0, 0.1) is 13.8 Å². The molecule has 32 heavy (non-hydrogen) atoms. The van der Waals surface area contributed by atoms with E-state index in [0.717, 1.165) is 16.0 Å². The highest BCUT2D eigenvalue weighted by Crippen LogP contribution is 2.37. The molecule has 10 heteroatoms. The number of carbonyl (C=O) groups is 4. The number of methoxy groups -OCH3 is 1. The normalized spacial score (nSPS) is 15.1. The summed E-state index contributed by atoms with van der Waals surface area (Å²) in [7, 11) is 1.33. The van der Waals surface area contributed by atoms with Crippen molar-refractivity contribution < 1.29 is 33.8 Å². The van der Waals surface area contributed by atoms with Gasteiger partial charge >= 0.3 is 12.0 Å². The van der Waals surface area contributed by atoms with Gasteiger partial charge in [0.1, 0.15) is 5.57 Å². The Hall–Kier alpha value is -3.85. The highest BCUT2D eigenvalue weighted by Gasteiger charge is 2.37. The third-order valence-electron chi connectivity index (χ3n) is 4.75. The molecule has 166 valence electrons. The van der Waals surface area contributed by atoms with Crippen LogP contribution in [-0.4, -0.2) is 42.6 Å². The molecule has 1 aliphatic rings. The lowest BCUT2D eigenvalue weighted by molar-refractivity contribution is -0.139. The minimum absolute atomic E-state index is 0.00470. The maximum absolute atomic E-state index is 13.1. The number of barbiturate groups is 1. The molecule has 2 N–H and O–H groups in total. The van der Waals surface area contributed by atoms with Crippen molar-refractivity contribution in [2.24, 2.45) is 0 Å². The van der Waals surface area contributed by atoms with Crippen molar-refractivity contribution in [2.75, 3.05) is 18.6 Å². The predicted octanol–water partition coefficient (Wildman–Crippen LogP) is 3.10. The van der Waals surface area contributed by atoms with Gasteiger partial charge in [-0.05, 0) is 60.9 Å². The summed E-state index contributed by atoms with van der Waals surface area (Å²) < 4.78 is 10.3. The molecular weight excluding hydrogens is 440 g/mol. The molecule has 0 radical (unpaired) electrons. The molecule has 0 aliphatic carbocycles. The average molecular weight is 459 g/mol. The predicted molar refractivity (Wildman–Crippen MR) is 116 cm³/mol. The smallest absolute Gasteiger partial charge is 0.341 e. The molecule has 3 rings (SSSR count). The maximum atomic E-state index is 13.1. The Labute approximate surface area is 188 Å². The fraction of sp³-hybridized carbons (Fsp3) is 0.182. The van der Waals surface area contributed by atoms with Gasteiger partial charge in [0, 0.05) is 0 Å². The molecule has 0 saturated carbocycles. The highest BCUT2D eigenvalue weighted by atomic mass is 35.5. The first-order valence-corrected chi connectivity index (χ1v) is 9.71. The van der Waals surface area contributed by atoms with Gasteiger partial charge in [-0.2, -0.15) is 0 Å². The number of anilines is 1. The number of rotatable bonds is 6. The zero-order chi connectivity index (χ0) is 23.6. The van der Waals surface area contributed by atoms with Gasteiger partial charge in [-0.15, -0.1) is 0 Å². The Morgan fingerprint density at radius 2 is 1.88 bits per heavy atom. The van der Waals surface area contributed by atoms with Crippen LogP contribution in [0.3, 0.4) is 0 Å². The van der Waals surface area contributed by atoms with Crippen LogP contribution in [0.2, 0.25) is 5.02 Å². The van der Waals surface area contributed by atoms with E-state index in [1.807, 2.05) is 13.8 Å². The molecule has 9 nitrogen and oxygen atoms in total. The van der Waals surface area contributed by atoms with E-state index in [9.17, 15) is 19.2 Å². The van der Waals surface area contributed by atoms with Gasteiger partial charge in [0.05, 0.1) is 17.8 Å². The Morgan fingerprint density at radius 3 is 2.50 bits per heavy atom. The van der Waals surface area contributed by atoms with Crippen LogP contribution in [0.5, 0.6) is 11.5 Å². The number of hydrogen-bond donors (Lipinski definition) is 2. The quantitative estimate of drug-likeness (QED) is 0.503. The standard InChI is InChI=1S/C22H19ClN2O7/c1-11-4-5-14(6-12(11)2)25-21(29)15(20(28)24-22(25)30)7-13-8-16(23)19(17(9-13)31-3)32-10-18(26)27/h4-9H,10H2,1-3H3,(H,26,27)(H,24,28,30)/b15-7+. The molecule has 1 aliphatic heterocycles. The Bertz CT molecular complexity index is 1170. The fourth-order valence-corrected chi connectivity index (χ4v) is 3.29. The summed E-state index contributed by atoms with van der Waals surface area (Å²) in [6.45, 7) is 3.10. The summed E-state index contributed by atoms with van der Waals surface area (Å²) in [6.07, 6.45) is 1.26. The Balaban J connectivity index is 2.01. The fourth-order valence-electron chi connectivity index (χ4n) is 3.02. The van der Waals surface area contributed by atoms with E-state index in [1.54, 1.807) is 18.2 Å². The SMILES string of the molecule is COc1cc(/C=C2\C(=O)NC(=O)N(c3ccc(C)c(C)c3)C2=O)cc(Cl)c1OCC(=O)O. The number of carboxylic acid groups (broad SMARTS) is 1. The third-order valence-corrected chi connectivity index (χ3v) is 5.03. The second-order valence-corrected chi connectivity index (χ2v) is 7.35. The lowest BCUT2D eigenvalue weighted by Gasteiger charge is -2.27. The van der Waals surface area contributed by atoms with Crippen molar-refractivity contribution in [3.8, 4) is 11.5 Å². The van der Waals surface area contributed by atoms with E-state index in [4.69, 9.17) is 26.2 Å². The third kappa shape index (κ3) is 4.57. The van der Waals surface area contributed by atoms with Crippen LogP contribution >= 0.6 is 11.6 Å². The molecule has 0 aromatic heterocycles. The number of amides is 4. The van der Waals surface area contributed by atoms with E-state index >= 15 is 0 Å². The molecule has 1 fully saturated rings. The van der Waals surface area contributed by atoms with E-state index in [2.05, 4.69) is 5.32 Å². The van der Waals surface area contributed by atoms with Crippen molar-refractivity contribution in [1.82, 2.24) is 5.32 Å². The largest absolute Gasteiger partial charge is 0.493 e. The number of hydrogen-bond acceptors (Lipinski definition) is 6. The number of ether oxygens (including phenoxy) is 2. The van der Waals surface area contributed by atoms with Gasteiger partial charge in [-0.25, -0.2) is 14.5 Å². The molecule has 0 atom stereocenters. The van der Waals surface area contributed by atoms with E-state index in [1.165, 1.54) is 25.3 Å². The van der Waals surface area contributed by atoms with Gasteiger partial charge in [-0.3, -0.25) is 14.9 Å². The summed E-state index contributed by atoms with van der Waals surface area (Å²) in [5, 5.41) is 11.0. The van der Waals surface area contributed by atoms with Crippen LogP contribution in [0.25, 0.3) is 6.08 Å². The number of imide groups is 2. The number of halogens is 1. The van der Waals surface area contributed by atoms with Crippen molar-refractivity contribution in [1.29, 1.82) is 0 Å². The average Bonchev–Trinajstić information content (AvgIpc) is 2.72. The van der Waals surface area contributed by atoms with Crippen molar-refractivity contribution in [3.05, 3.63) is 57.6 Å². The number of aliphatic carboxylic acids is 1. The summed E-state index contributed by atoms with van der Waals surface area (Å²) in [6, 6.07) is 7.01. The lowest BCUT2D eigenvalue weighted by atomic mass is 10.0. The first-order chi connectivity index (χ1) is 15.1. The number of carbonyl (C=O) groups excluding carboxylic acids is 3. The van der Waals surface area contributed by atoms with Gasteiger partial charge in [-0.1, -0.05) is 17.7 Å². The molecule has 0 spiro atoms. The number of nitrogens with one attached hydrogen (secondary N) is 1. The molecule has 0 unspecified atom stereocenters. The first-order valence-electron chi connectivity index (χ1n) is 9.33. The molecule has 0 bridgehead atoms. The molecule has 2 aromatic rings. The monoisotopic (exact) mass is 458 g/mol. The number of benzene rings is 2. The summed E-state index contributed by atoms with van der Waals surface area (Å²) in [5.74, 6) is -2.75. The van der Waals surface area contributed by atoms with E-state index in [-0.39, 0.29) is 22.1 Å². The van der Waals surface area contributed by atoms with Crippen LogP contribution in [-0.2, 0) is 14.4 Å². The molecular formula is C22H19ClN2O7. The summed E-state index contributed by atoms with van der Waals surface area (Å²) >= 11 is 6.19.